The summed E-state index contributed by atoms with van der Waals surface area (Å²) in [6.45, 7) is -0.0460. The van der Waals surface area contributed by atoms with Gasteiger partial charge in [0.05, 0.1) is 10.7 Å². The number of anilines is 1. The third-order valence-electron chi connectivity index (χ3n) is 3.40. The maximum Gasteiger partial charge on any atom is 0.407 e. The largest absolute Gasteiger partial charge is 0.445 e. The molecule has 0 heterocycles. The first-order chi connectivity index (χ1) is 11.5. The van der Waals surface area contributed by atoms with Crippen LogP contribution in [0.15, 0.2) is 48.5 Å². The summed E-state index contributed by atoms with van der Waals surface area (Å²) in [6, 6.07) is 13.8. The molecule has 0 aliphatic carbocycles. The number of aliphatic hydroxyl groups excluding tert-OH is 2. The van der Waals surface area contributed by atoms with Crippen LogP contribution in [0.25, 0.3) is 0 Å². The van der Waals surface area contributed by atoms with Crippen LogP contribution in [0.3, 0.4) is 0 Å². The Bertz CT molecular complexity index is 682. The van der Waals surface area contributed by atoms with Crippen LogP contribution in [-0.4, -0.2) is 29.0 Å². The molecule has 2 aromatic rings. The number of halogens is 1. The lowest BCUT2D eigenvalue weighted by Gasteiger charge is -2.19. The number of alkyl carbamates (subject to hydrolysis) is 1. The van der Waals surface area contributed by atoms with Gasteiger partial charge in [-0.3, -0.25) is 0 Å². The van der Waals surface area contributed by atoms with Crippen molar-refractivity contribution in [2.75, 3.05) is 12.3 Å². The number of hydrogen-bond donors (Lipinski definition) is 4. The van der Waals surface area contributed by atoms with E-state index in [4.69, 9.17) is 22.1 Å². The van der Waals surface area contributed by atoms with Crippen molar-refractivity contribution < 1.29 is 19.7 Å². The van der Waals surface area contributed by atoms with Gasteiger partial charge in [0, 0.05) is 6.54 Å². The Morgan fingerprint density at radius 1 is 1.21 bits per heavy atom. The van der Waals surface area contributed by atoms with E-state index in [-0.39, 0.29) is 18.2 Å². The topological polar surface area (TPSA) is 105 Å². The Balaban J connectivity index is 1.80. The lowest BCUT2D eigenvalue weighted by Crippen LogP contribution is -2.35. The molecule has 0 saturated carbocycles. The van der Waals surface area contributed by atoms with Gasteiger partial charge < -0.3 is 26.0 Å². The van der Waals surface area contributed by atoms with E-state index >= 15 is 0 Å². The third-order valence-corrected chi connectivity index (χ3v) is 3.73. The Labute approximate surface area is 144 Å². The van der Waals surface area contributed by atoms with Crippen molar-refractivity contribution in [2.24, 2.45) is 0 Å². The summed E-state index contributed by atoms with van der Waals surface area (Å²) in [4.78, 5) is 11.6. The van der Waals surface area contributed by atoms with Crippen molar-refractivity contribution in [3.05, 3.63) is 64.7 Å². The number of carbonyl (C=O) groups excluding carboxylic acids is 1. The fourth-order valence-corrected chi connectivity index (χ4v) is 2.21. The highest BCUT2D eigenvalue weighted by Crippen LogP contribution is 2.25. The molecule has 0 aliphatic rings. The van der Waals surface area contributed by atoms with Crippen molar-refractivity contribution in [3.63, 3.8) is 0 Å². The first-order valence-electron chi connectivity index (χ1n) is 7.33. The second-order valence-electron chi connectivity index (χ2n) is 5.24. The minimum Gasteiger partial charge on any atom is -0.445 e. The van der Waals surface area contributed by atoms with Gasteiger partial charge in [-0.1, -0.05) is 48.0 Å². The van der Waals surface area contributed by atoms with Crippen molar-refractivity contribution >= 4 is 23.4 Å². The Hall–Kier alpha value is -2.28. The first-order valence-corrected chi connectivity index (χ1v) is 7.71. The molecule has 24 heavy (non-hydrogen) atoms. The first kappa shape index (κ1) is 18.1. The van der Waals surface area contributed by atoms with Crippen molar-refractivity contribution in [3.8, 4) is 0 Å². The fraction of sp³-hybridized carbons (Fsp3) is 0.235. The molecule has 2 rings (SSSR count). The molecule has 2 aromatic carbocycles. The SMILES string of the molecule is Nc1ccc(C(O)C(O)CNC(=O)OCc2ccccc2)cc1Cl. The molecular weight excluding hydrogens is 332 g/mol. The average Bonchev–Trinajstić information content (AvgIpc) is 2.60. The van der Waals surface area contributed by atoms with E-state index in [1.165, 1.54) is 12.1 Å². The lowest BCUT2D eigenvalue weighted by atomic mass is 10.0. The van der Waals surface area contributed by atoms with Crippen LogP contribution in [-0.2, 0) is 11.3 Å². The Morgan fingerprint density at radius 3 is 2.58 bits per heavy atom. The van der Waals surface area contributed by atoms with Crippen LogP contribution in [0.5, 0.6) is 0 Å². The maximum absolute atomic E-state index is 11.6. The van der Waals surface area contributed by atoms with E-state index in [0.717, 1.165) is 5.56 Å². The number of nitrogens with two attached hydrogens (primary N) is 1. The smallest absolute Gasteiger partial charge is 0.407 e. The minimum atomic E-state index is -1.21. The highest BCUT2D eigenvalue weighted by atomic mass is 35.5. The van der Waals surface area contributed by atoms with Gasteiger partial charge in [-0.2, -0.15) is 0 Å². The predicted octanol–water partition coefficient (Wildman–Crippen LogP) is 2.24. The number of amides is 1. The second-order valence-corrected chi connectivity index (χ2v) is 5.64. The molecule has 128 valence electrons. The number of rotatable bonds is 6. The zero-order valence-corrected chi connectivity index (χ0v) is 13.6. The molecule has 5 N–H and O–H groups in total. The van der Waals surface area contributed by atoms with Crippen LogP contribution in [0, 0.1) is 0 Å². The standard InChI is InChI=1S/C17H19ClN2O4/c18-13-8-12(6-7-14(13)19)16(22)15(21)9-20-17(23)24-10-11-4-2-1-3-5-11/h1-8,15-16,21-22H,9-10,19H2,(H,20,23). The molecule has 1 amide bonds. The number of nitrogens with one attached hydrogen (secondary N) is 1. The minimum absolute atomic E-state index is 0.124. The molecule has 0 aliphatic heterocycles. The second kappa shape index (κ2) is 8.54. The van der Waals surface area contributed by atoms with Gasteiger partial charge in [-0.25, -0.2) is 4.79 Å². The molecule has 0 fully saturated rings. The van der Waals surface area contributed by atoms with Crippen molar-refractivity contribution in [1.29, 1.82) is 0 Å². The zero-order chi connectivity index (χ0) is 17.5. The molecule has 0 radical (unpaired) electrons. The molecule has 0 saturated heterocycles. The highest BCUT2D eigenvalue weighted by Gasteiger charge is 2.20. The summed E-state index contributed by atoms with van der Waals surface area (Å²) < 4.78 is 5.02. The van der Waals surface area contributed by atoms with Crippen LogP contribution in [0.2, 0.25) is 5.02 Å². The molecule has 2 atom stereocenters. The van der Waals surface area contributed by atoms with E-state index in [0.29, 0.717) is 11.3 Å². The van der Waals surface area contributed by atoms with Gasteiger partial charge in [0.1, 0.15) is 18.8 Å². The summed E-state index contributed by atoms with van der Waals surface area (Å²) in [6.07, 6.45) is -3.10. The molecular formula is C17H19ClN2O4. The van der Waals surface area contributed by atoms with Crippen LogP contribution >= 0.6 is 11.6 Å². The number of benzene rings is 2. The number of carbonyl (C=O) groups is 1. The van der Waals surface area contributed by atoms with Crippen LogP contribution in [0.4, 0.5) is 10.5 Å². The van der Waals surface area contributed by atoms with E-state index in [1.54, 1.807) is 6.07 Å². The highest BCUT2D eigenvalue weighted by molar-refractivity contribution is 6.33. The summed E-state index contributed by atoms with van der Waals surface area (Å²) >= 11 is 5.88. The Morgan fingerprint density at radius 2 is 1.92 bits per heavy atom. The number of hydrogen-bond acceptors (Lipinski definition) is 5. The summed E-state index contributed by atoms with van der Waals surface area (Å²) in [7, 11) is 0. The molecule has 6 nitrogen and oxygen atoms in total. The number of ether oxygens (including phenoxy) is 1. The van der Waals surface area contributed by atoms with Gasteiger partial charge in [0.25, 0.3) is 0 Å². The monoisotopic (exact) mass is 350 g/mol. The van der Waals surface area contributed by atoms with Gasteiger partial charge in [-0.05, 0) is 23.3 Å². The van der Waals surface area contributed by atoms with E-state index < -0.39 is 18.3 Å². The molecule has 0 bridgehead atoms. The molecule has 2 unspecified atom stereocenters. The molecule has 0 spiro atoms. The number of aliphatic hydroxyl groups is 2. The molecule has 0 aromatic heterocycles. The summed E-state index contributed by atoms with van der Waals surface area (Å²) in [5.41, 5.74) is 7.23. The predicted molar refractivity (Wildman–Crippen MR) is 91.5 cm³/mol. The summed E-state index contributed by atoms with van der Waals surface area (Å²) in [5.74, 6) is 0. The van der Waals surface area contributed by atoms with Gasteiger partial charge in [0.15, 0.2) is 0 Å². The normalized spacial score (nSPS) is 13.1. The van der Waals surface area contributed by atoms with Gasteiger partial charge in [-0.15, -0.1) is 0 Å². The fourth-order valence-electron chi connectivity index (χ4n) is 2.02. The number of nitrogen functional groups attached to an aromatic ring is 1. The maximum atomic E-state index is 11.6. The van der Waals surface area contributed by atoms with E-state index in [9.17, 15) is 15.0 Å². The van der Waals surface area contributed by atoms with Crippen molar-refractivity contribution in [1.82, 2.24) is 5.32 Å². The van der Waals surface area contributed by atoms with Crippen molar-refractivity contribution in [2.45, 2.75) is 18.8 Å². The average molecular weight is 351 g/mol. The van der Waals surface area contributed by atoms with Crippen LogP contribution < -0.4 is 11.1 Å². The van der Waals surface area contributed by atoms with Crippen LogP contribution in [0.1, 0.15) is 17.2 Å². The van der Waals surface area contributed by atoms with Gasteiger partial charge in [0.2, 0.25) is 0 Å². The third kappa shape index (κ3) is 5.13. The Kier molecular flexibility index (Phi) is 6.43. The van der Waals surface area contributed by atoms with Gasteiger partial charge >= 0.3 is 6.09 Å². The summed E-state index contributed by atoms with van der Waals surface area (Å²) in [5, 5.41) is 22.7. The zero-order valence-electron chi connectivity index (χ0n) is 12.9. The van der Waals surface area contributed by atoms with E-state index in [2.05, 4.69) is 5.32 Å². The molecule has 7 heteroatoms. The quantitative estimate of drug-likeness (QED) is 0.598. The lowest BCUT2D eigenvalue weighted by molar-refractivity contribution is 0.0184. The van der Waals surface area contributed by atoms with E-state index in [1.807, 2.05) is 30.3 Å².